The minimum atomic E-state index is -0.648. The van der Waals surface area contributed by atoms with Crippen LogP contribution >= 0.6 is 11.8 Å². The molecule has 1 aromatic rings. The predicted octanol–water partition coefficient (Wildman–Crippen LogP) is 3.44. The zero-order valence-corrected chi connectivity index (χ0v) is 12.2. The Morgan fingerprint density at radius 1 is 1.50 bits per heavy atom. The molecule has 0 radical (unpaired) electrons. The molecule has 2 atom stereocenters. The minimum Gasteiger partial charge on any atom is -0.490 e. The molecule has 0 aromatic heterocycles. The number of nitro groups is 1. The van der Waals surface area contributed by atoms with Crippen molar-refractivity contribution in [2.45, 2.75) is 30.6 Å². The van der Waals surface area contributed by atoms with Crippen molar-refractivity contribution < 1.29 is 14.1 Å². The molecular weight excluding hydrogens is 283 g/mol. The number of benzene rings is 1. The van der Waals surface area contributed by atoms with Gasteiger partial charge in [-0.15, -0.1) is 0 Å². The number of hydrogen-bond donors (Lipinski definition) is 1. The van der Waals surface area contributed by atoms with E-state index in [1.54, 1.807) is 0 Å². The molecule has 1 saturated carbocycles. The van der Waals surface area contributed by atoms with Crippen molar-refractivity contribution in [3.8, 4) is 5.75 Å². The average molecular weight is 300 g/mol. The van der Waals surface area contributed by atoms with Crippen LogP contribution in [0.15, 0.2) is 12.1 Å². The van der Waals surface area contributed by atoms with Gasteiger partial charge in [-0.25, -0.2) is 4.39 Å². The number of nitro benzene ring substituents is 1. The molecule has 20 heavy (non-hydrogen) atoms. The van der Waals surface area contributed by atoms with Crippen molar-refractivity contribution in [1.29, 1.82) is 0 Å². The fourth-order valence-electron chi connectivity index (χ4n) is 2.46. The topological polar surface area (TPSA) is 64.4 Å². The largest absolute Gasteiger partial charge is 0.490 e. The summed E-state index contributed by atoms with van der Waals surface area (Å²) in [5.74, 6) is -0.552. The summed E-state index contributed by atoms with van der Waals surface area (Å²) in [6.45, 7) is 0. The lowest BCUT2D eigenvalue weighted by Gasteiger charge is -2.15. The van der Waals surface area contributed by atoms with Gasteiger partial charge >= 0.3 is 5.69 Å². The highest BCUT2D eigenvalue weighted by Crippen LogP contribution is 2.35. The number of nitrogens with one attached hydrogen (secondary N) is 1. The molecule has 1 aliphatic rings. The molecule has 1 aromatic carbocycles. The molecule has 1 fully saturated rings. The van der Waals surface area contributed by atoms with Gasteiger partial charge in [0.15, 0.2) is 11.6 Å². The summed E-state index contributed by atoms with van der Waals surface area (Å²) >= 11 is 1.82. The number of methoxy groups -OCH3 is 1. The van der Waals surface area contributed by atoms with Gasteiger partial charge in [-0.05, 0) is 25.5 Å². The first kappa shape index (κ1) is 14.9. The van der Waals surface area contributed by atoms with Gasteiger partial charge in [0.1, 0.15) is 0 Å². The van der Waals surface area contributed by atoms with E-state index < -0.39 is 10.7 Å². The fourth-order valence-corrected chi connectivity index (χ4v) is 3.26. The Balaban J connectivity index is 2.18. The normalized spacial score (nSPS) is 21.8. The smallest absolute Gasteiger partial charge is 0.313 e. The summed E-state index contributed by atoms with van der Waals surface area (Å²) in [7, 11) is 1.34. The lowest BCUT2D eigenvalue weighted by molar-refractivity contribution is -0.385. The van der Waals surface area contributed by atoms with Crippen LogP contribution in [-0.2, 0) is 0 Å². The van der Waals surface area contributed by atoms with Gasteiger partial charge in [0.25, 0.3) is 0 Å². The second-order valence-electron chi connectivity index (χ2n) is 4.77. The van der Waals surface area contributed by atoms with Crippen molar-refractivity contribution in [1.82, 2.24) is 0 Å². The van der Waals surface area contributed by atoms with Crippen LogP contribution in [-0.4, -0.2) is 29.6 Å². The van der Waals surface area contributed by atoms with Crippen molar-refractivity contribution in [3.63, 3.8) is 0 Å². The number of halogens is 1. The minimum absolute atomic E-state index is 0.0679. The SMILES string of the molecule is COc1cc(NC2CCC(SC)C2)c(F)cc1[N+](=O)[O-]. The van der Waals surface area contributed by atoms with Crippen molar-refractivity contribution in [2.24, 2.45) is 0 Å². The monoisotopic (exact) mass is 300 g/mol. The van der Waals surface area contributed by atoms with E-state index in [0.29, 0.717) is 5.25 Å². The summed E-state index contributed by atoms with van der Waals surface area (Å²) in [5, 5.41) is 14.5. The van der Waals surface area contributed by atoms with Crippen LogP contribution < -0.4 is 10.1 Å². The average Bonchev–Trinajstić information content (AvgIpc) is 2.88. The first-order valence-electron chi connectivity index (χ1n) is 6.36. The fraction of sp³-hybridized carbons (Fsp3) is 0.538. The summed E-state index contributed by atoms with van der Waals surface area (Å²) < 4.78 is 18.9. The van der Waals surface area contributed by atoms with Crippen molar-refractivity contribution in [3.05, 3.63) is 28.1 Å². The maximum atomic E-state index is 13.9. The summed E-state index contributed by atoms with van der Waals surface area (Å²) in [4.78, 5) is 10.2. The van der Waals surface area contributed by atoms with Crippen LogP contribution in [0.1, 0.15) is 19.3 Å². The Labute approximate surface area is 121 Å². The number of thioether (sulfide) groups is 1. The molecule has 5 nitrogen and oxygen atoms in total. The van der Waals surface area contributed by atoms with Gasteiger partial charge in [-0.2, -0.15) is 11.8 Å². The Morgan fingerprint density at radius 2 is 2.25 bits per heavy atom. The third kappa shape index (κ3) is 3.15. The third-order valence-electron chi connectivity index (χ3n) is 3.54. The van der Waals surface area contributed by atoms with Crippen LogP contribution in [0.4, 0.5) is 15.8 Å². The second-order valence-corrected chi connectivity index (χ2v) is 5.91. The summed E-state index contributed by atoms with van der Waals surface area (Å²) in [6.07, 6.45) is 5.12. The summed E-state index contributed by atoms with van der Waals surface area (Å²) in [6, 6.07) is 2.47. The highest BCUT2D eigenvalue weighted by Gasteiger charge is 2.26. The molecule has 0 heterocycles. The Kier molecular flexibility index (Phi) is 4.69. The number of ether oxygens (including phenoxy) is 1. The summed E-state index contributed by atoms with van der Waals surface area (Å²) in [5.41, 5.74) is -0.0943. The lowest BCUT2D eigenvalue weighted by Crippen LogP contribution is -2.17. The van der Waals surface area contributed by atoms with Crippen LogP contribution in [0.25, 0.3) is 0 Å². The molecule has 7 heteroatoms. The Hall–Kier alpha value is -1.50. The van der Waals surface area contributed by atoms with E-state index in [-0.39, 0.29) is 23.2 Å². The highest BCUT2D eigenvalue weighted by molar-refractivity contribution is 7.99. The molecule has 0 amide bonds. The van der Waals surface area contributed by atoms with Crippen molar-refractivity contribution in [2.75, 3.05) is 18.7 Å². The maximum absolute atomic E-state index is 13.9. The number of hydrogen-bond acceptors (Lipinski definition) is 5. The zero-order chi connectivity index (χ0) is 14.7. The highest BCUT2D eigenvalue weighted by atomic mass is 32.2. The molecule has 0 aliphatic heterocycles. The van der Waals surface area contributed by atoms with E-state index in [4.69, 9.17) is 4.74 Å². The third-order valence-corrected chi connectivity index (χ3v) is 4.64. The van der Waals surface area contributed by atoms with Crippen LogP contribution in [0, 0.1) is 15.9 Å². The first-order chi connectivity index (χ1) is 9.55. The quantitative estimate of drug-likeness (QED) is 0.666. The molecular formula is C13H17FN2O3S. The van der Waals surface area contributed by atoms with Gasteiger partial charge < -0.3 is 10.1 Å². The van der Waals surface area contributed by atoms with E-state index >= 15 is 0 Å². The molecule has 1 aliphatic carbocycles. The lowest BCUT2D eigenvalue weighted by atomic mass is 10.2. The second kappa shape index (κ2) is 6.30. The number of rotatable bonds is 5. The Morgan fingerprint density at radius 3 is 2.80 bits per heavy atom. The van der Waals surface area contributed by atoms with Crippen LogP contribution in [0.3, 0.4) is 0 Å². The van der Waals surface area contributed by atoms with Gasteiger partial charge in [0.05, 0.1) is 23.8 Å². The van der Waals surface area contributed by atoms with E-state index in [1.807, 2.05) is 11.8 Å². The van der Waals surface area contributed by atoms with E-state index in [9.17, 15) is 14.5 Å². The van der Waals surface area contributed by atoms with E-state index in [1.165, 1.54) is 13.2 Å². The molecule has 2 unspecified atom stereocenters. The van der Waals surface area contributed by atoms with Gasteiger partial charge in [0, 0.05) is 17.4 Å². The molecule has 110 valence electrons. The molecule has 0 bridgehead atoms. The van der Waals surface area contributed by atoms with Gasteiger partial charge in [-0.3, -0.25) is 10.1 Å². The number of anilines is 1. The van der Waals surface area contributed by atoms with Crippen molar-refractivity contribution >= 4 is 23.1 Å². The molecule has 1 N–H and O–H groups in total. The van der Waals surface area contributed by atoms with Crippen LogP contribution in [0.2, 0.25) is 0 Å². The number of nitrogens with zero attached hydrogens (tertiary/aromatic N) is 1. The standard InChI is InChI=1S/C13H17FN2O3S/c1-19-13-7-11(10(14)6-12(13)16(17)18)15-8-3-4-9(5-8)20-2/h6-9,15H,3-5H2,1-2H3. The molecule has 0 spiro atoms. The van der Waals surface area contributed by atoms with E-state index in [0.717, 1.165) is 25.3 Å². The first-order valence-corrected chi connectivity index (χ1v) is 7.65. The van der Waals surface area contributed by atoms with Gasteiger partial charge in [0.2, 0.25) is 0 Å². The van der Waals surface area contributed by atoms with E-state index in [2.05, 4.69) is 11.6 Å². The zero-order valence-electron chi connectivity index (χ0n) is 11.4. The van der Waals surface area contributed by atoms with Crippen LogP contribution in [0.5, 0.6) is 5.75 Å². The molecule has 2 rings (SSSR count). The molecule has 0 saturated heterocycles. The predicted molar refractivity (Wildman–Crippen MR) is 78.2 cm³/mol. The van der Waals surface area contributed by atoms with Gasteiger partial charge in [-0.1, -0.05) is 0 Å². The Bertz CT molecular complexity index is 513. The maximum Gasteiger partial charge on any atom is 0.313 e.